The molecule has 2 rings (SSSR count). The van der Waals surface area contributed by atoms with Gasteiger partial charge in [-0.1, -0.05) is 11.8 Å². The molecule has 0 aromatic carbocycles. The number of aliphatic imine (C=N–C) groups is 1. The van der Waals surface area contributed by atoms with Gasteiger partial charge in [-0.15, -0.1) is 0 Å². The van der Waals surface area contributed by atoms with Crippen molar-refractivity contribution in [2.24, 2.45) is 4.99 Å². The molecule has 1 heterocycles. The van der Waals surface area contributed by atoms with E-state index in [9.17, 15) is 0 Å². The fourth-order valence-corrected chi connectivity index (χ4v) is 2.19. The Morgan fingerprint density at radius 3 is 2.73 bits per heavy atom. The molecule has 11 heavy (non-hydrogen) atoms. The van der Waals surface area contributed by atoms with E-state index >= 15 is 0 Å². The van der Waals surface area contributed by atoms with Crippen LogP contribution in [0.1, 0.15) is 26.7 Å². The van der Waals surface area contributed by atoms with Crippen LogP contribution in [0.3, 0.4) is 0 Å². The normalized spacial score (nSPS) is 32.4. The second-order valence-electron chi connectivity index (χ2n) is 3.96. The summed E-state index contributed by atoms with van der Waals surface area (Å²) < 4.78 is 0. The number of amidine groups is 1. The van der Waals surface area contributed by atoms with E-state index in [2.05, 4.69) is 24.2 Å². The molecule has 62 valence electrons. The Morgan fingerprint density at radius 1 is 1.55 bits per heavy atom. The van der Waals surface area contributed by atoms with Gasteiger partial charge >= 0.3 is 0 Å². The van der Waals surface area contributed by atoms with Crippen molar-refractivity contribution in [2.45, 2.75) is 38.3 Å². The van der Waals surface area contributed by atoms with Crippen molar-refractivity contribution in [1.82, 2.24) is 5.32 Å². The van der Waals surface area contributed by atoms with Gasteiger partial charge in [0.05, 0.1) is 6.04 Å². The zero-order valence-corrected chi connectivity index (χ0v) is 7.87. The Labute approximate surface area is 71.9 Å². The van der Waals surface area contributed by atoms with Crippen LogP contribution in [0.25, 0.3) is 0 Å². The Hall–Kier alpha value is -0.180. The number of hydrogen-bond donors (Lipinski definition) is 1. The van der Waals surface area contributed by atoms with E-state index < -0.39 is 0 Å². The minimum Gasteiger partial charge on any atom is -0.359 e. The first kappa shape index (κ1) is 7.47. The quantitative estimate of drug-likeness (QED) is 0.646. The first-order chi connectivity index (χ1) is 5.16. The van der Waals surface area contributed by atoms with Crippen molar-refractivity contribution >= 4 is 16.9 Å². The molecule has 0 amide bonds. The highest BCUT2D eigenvalue weighted by Crippen LogP contribution is 2.28. The molecule has 0 bridgehead atoms. The molecular weight excluding hydrogens is 156 g/mol. The van der Waals surface area contributed by atoms with Crippen LogP contribution >= 0.6 is 11.8 Å². The van der Waals surface area contributed by atoms with Crippen molar-refractivity contribution in [3.8, 4) is 0 Å². The maximum absolute atomic E-state index is 4.55. The Morgan fingerprint density at radius 2 is 2.27 bits per heavy atom. The number of thioether (sulfide) groups is 1. The Balaban J connectivity index is 1.97. The largest absolute Gasteiger partial charge is 0.359 e. The van der Waals surface area contributed by atoms with Crippen molar-refractivity contribution in [2.75, 3.05) is 5.75 Å². The van der Waals surface area contributed by atoms with Gasteiger partial charge < -0.3 is 5.32 Å². The molecule has 0 aromatic rings. The van der Waals surface area contributed by atoms with E-state index in [-0.39, 0.29) is 5.54 Å². The van der Waals surface area contributed by atoms with Crippen LogP contribution in [-0.4, -0.2) is 22.5 Å². The highest BCUT2D eigenvalue weighted by atomic mass is 32.2. The second kappa shape index (κ2) is 2.41. The van der Waals surface area contributed by atoms with E-state index in [1.54, 1.807) is 0 Å². The molecule has 1 saturated heterocycles. The van der Waals surface area contributed by atoms with Gasteiger partial charge in [0.2, 0.25) is 0 Å². The Bertz CT molecular complexity index is 194. The first-order valence-corrected chi connectivity index (χ1v) is 5.13. The molecule has 1 aliphatic heterocycles. The maximum atomic E-state index is 4.55. The summed E-state index contributed by atoms with van der Waals surface area (Å²) in [4.78, 5) is 4.55. The standard InChI is InChI=1S/C8H14N2S/c1-8(2)5-11-7(10-8)9-6-3-4-6/h6H,3-5H2,1-2H3,(H,9,10). The van der Waals surface area contributed by atoms with Crippen LogP contribution < -0.4 is 5.32 Å². The van der Waals surface area contributed by atoms with E-state index in [1.807, 2.05) is 11.8 Å². The third-order valence-corrected chi connectivity index (χ3v) is 3.21. The van der Waals surface area contributed by atoms with Crippen LogP contribution in [-0.2, 0) is 0 Å². The van der Waals surface area contributed by atoms with Gasteiger partial charge in [-0.3, -0.25) is 4.99 Å². The van der Waals surface area contributed by atoms with E-state index in [1.165, 1.54) is 12.8 Å². The lowest BCUT2D eigenvalue weighted by molar-refractivity contribution is 0.536. The van der Waals surface area contributed by atoms with Gasteiger partial charge in [0.25, 0.3) is 0 Å². The van der Waals surface area contributed by atoms with Crippen molar-refractivity contribution in [3.05, 3.63) is 0 Å². The minimum absolute atomic E-state index is 0.262. The maximum Gasteiger partial charge on any atom is 0.157 e. The van der Waals surface area contributed by atoms with Crippen LogP contribution in [0, 0.1) is 0 Å². The average molecular weight is 170 g/mol. The topological polar surface area (TPSA) is 24.4 Å². The highest BCUT2D eigenvalue weighted by molar-refractivity contribution is 8.14. The molecular formula is C8H14N2S. The zero-order valence-electron chi connectivity index (χ0n) is 7.05. The molecule has 1 saturated carbocycles. The lowest BCUT2D eigenvalue weighted by Gasteiger charge is -2.15. The van der Waals surface area contributed by atoms with Gasteiger partial charge in [0.15, 0.2) is 5.17 Å². The van der Waals surface area contributed by atoms with Crippen LogP contribution in [0.15, 0.2) is 4.99 Å². The summed E-state index contributed by atoms with van der Waals surface area (Å²) in [5, 5.41) is 4.58. The molecule has 1 aliphatic carbocycles. The lowest BCUT2D eigenvalue weighted by Crippen LogP contribution is -2.36. The fourth-order valence-electron chi connectivity index (χ4n) is 1.05. The predicted molar refractivity (Wildman–Crippen MR) is 50.1 cm³/mol. The SMILES string of the molecule is CC1(C)CSC(=NC2CC2)N1. The second-order valence-corrected chi connectivity index (χ2v) is 4.93. The minimum atomic E-state index is 0.262. The molecule has 0 spiro atoms. The summed E-state index contributed by atoms with van der Waals surface area (Å²) >= 11 is 1.86. The van der Waals surface area contributed by atoms with Crippen LogP contribution in [0.4, 0.5) is 0 Å². The number of nitrogens with one attached hydrogen (secondary N) is 1. The third kappa shape index (κ3) is 1.89. The van der Waals surface area contributed by atoms with Crippen molar-refractivity contribution < 1.29 is 0 Å². The van der Waals surface area contributed by atoms with Gasteiger partial charge in [-0.05, 0) is 26.7 Å². The number of hydrogen-bond acceptors (Lipinski definition) is 2. The summed E-state index contributed by atoms with van der Waals surface area (Å²) in [7, 11) is 0. The summed E-state index contributed by atoms with van der Waals surface area (Å²) in [5.41, 5.74) is 0.262. The summed E-state index contributed by atoms with van der Waals surface area (Å²) in [6, 6.07) is 0.652. The molecule has 0 radical (unpaired) electrons. The summed E-state index contributed by atoms with van der Waals surface area (Å²) in [5.74, 6) is 1.15. The lowest BCUT2D eigenvalue weighted by atomic mass is 10.1. The molecule has 0 atom stereocenters. The van der Waals surface area contributed by atoms with E-state index in [0.717, 1.165) is 10.9 Å². The number of rotatable bonds is 1. The predicted octanol–water partition coefficient (Wildman–Crippen LogP) is 1.62. The molecule has 2 fully saturated rings. The summed E-state index contributed by atoms with van der Waals surface area (Å²) in [6.07, 6.45) is 2.60. The zero-order chi connectivity index (χ0) is 7.90. The average Bonchev–Trinajstić information content (AvgIpc) is 2.61. The fraction of sp³-hybridized carbons (Fsp3) is 0.875. The number of nitrogens with zero attached hydrogens (tertiary/aromatic N) is 1. The monoisotopic (exact) mass is 170 g/mol. The van der Waals surface area contributed by atoms with Gasteiger partial charge in [-0.25, -0.2) is 0 Å². The molecule has 2 aliphatic rings. The molecule has 1 N–H and O–H groups in total. The van der Waals surface area contributed by atoms with E-state index in [0.29, 0.717) is 6.04 Å². The van der Waals surface area contributed by atoms with E-state index in [4.69, 9.17) is 0 Å². The smallest absolute Gasteiger partial charge is 0.157 e. The van der Waals surface area contributed by atoms with Gasteiger partial charge in [0, 0.05) is 11.3 Å². The van der Waals surface area contributed by atoms with Gasteiger partial charge in [-0.2, -0.15) is 0 Å². The molecule has 3 heteroatoms. The van der Waals surface area contributed by atoms with Crippen molar-refractivity contribution in [3.63, 3.8) is 0 Å². The molecule has 0 unspecified atom stereocenters. The van der Waals surface area contributed by atoms with Crippen LogP contribution in [0.5, 0.6) is 0 Å². The van der Waals surface area contributed by atoms with Crippen LogP contribution in [0.2, 0.25) is 0 Å². The Kier molecular flexibility index (Phi) is 1.63. The summed E-state index contributed by atoms with van der Waals surface area (Å²) in [6.45, 7) is 4.44. The van der Waals surface area contributed by atoms with Gasteiger partial charge in [0.1, 0.15) is 0 Å². The first-order valence-electron chi connectivity index (χ1n) is 4.14. The molecule has 2 nitrogen and oxygen atoms in total. The highest BCUT2D eigenvalue weighted by Gasteiger charge is 2.29. The van der Waals surface area contributed by atoms with Crippen molar-refractivity contribution in [1.29, 1.82) is 0 Å². The third-order valence-electron chi connectivity index (χ3n) is 1.86. The molecule has 0 aromatic heterocycles.